The van der Waals surface area contributed by atoms with Crippen molar-refractivity contribution in [2.24, 2.45) is 0 Å². The molecule has 20 heavy (non-hydrogen) atoms. The molecule has 0 saturated carbocycles. The van der Waals surface area contributed by atoms with E-state index in [1.165, 1.54) is 0 Å². The molecule has 1 aliphatic rings. The molecular weight excluding hydrogens is 321 g/mol. The molecule has 0 aliphatic carbocycles. The molecule has 1 amide bonds. The number of nitrogens with zero attached hydrogens (tertiary/aromatic N) is 1. The van der Waals surface area contributed by atoms with Crippen LogP contribution in [0.15, 0.2) is 18.2 Å². The van der Waals surface area contributed by atoms with Crippen molar-refractivity contribution in [2.75, 3.05) is 38.0 Å². The molecule has 1 aromatic carbocycles. The van der Waals surface area contributed by atoms with Crippen LogP contribution >= 0.6 is 35.6 Å². The van der Waals surface area contributed by atoms with Crippen LogP contribution in [-0.2, 0) is 4.79 Å². The van der Waals surface area contributed by atoms with E-state index in [2.05, 4.69) is 15.5 Å². The van der Waals surface area contributed by atoms with Gasteiger partial charge in [0.15, 0.2) is 0 Å². The molecule has 1 saturated heterocycles. The molecule has 0 aromatic heterocycles. The number of nitrogens with one attached hydrogen (secondary N) is 2. The first kappa shape index (κ1) is 17.5. The van der Waals surface area contributed by atoms with Crippen molar-refractivity contribution in [3.8, 4) is 0 Å². The summed E-state index contributed by atoms with van der Waals surface area (Å²) >= 11 is 11.7. The van der Waals surface area contributed by atoms with Gasteiger partial charge in [0.2, 0.25) is 5.91 Å². The highest BCUT2D eigenvalue weighted by atomic mass is 35.5. The van der Waals surface area contributed by atoms with E-state index in [9.17, 15) is 4.79 Å². The van der Waals surface area contributed by atoms with Crippen molar-refractivity contribution in [1.82, 2.24) is 10.2 Å². The number of carbonyl (C=O) groups is 1. The Labute approximate surface area is 135 Å². The van der Waals surface area contributed by atoms with Gasteiger partial charge in [-0.15, -0.1) is 12.4 Å². The number of anilines is 1. The maximum atomic E-state index is 11.9. The molecule has 1 fully saturated rings. The smallest absolute Gasteiger partial charge is 0.238 e. The lowest BCUT2D eigenvalue weighted by atomic mass is 10.3. The topological polar surface area (TPSA) is 44.4 Å². The number of benzene rings is 1. The molecule has 112 valence electrons. The van der Waals surface area contributed by atoms with E-state index in [1.54, 1.807) is 18.2 Å². The van der Waals surface area contributed by atoms with Crippen molar-refractivity contribution in [3.63, 3.8) is 0 Å². The Balaban J connectivity index is 0.00000200. The number of rotatable bonds is 3. The van der Waals surface area contributed by atoms with Gasteiger partial charge in [-0.05, 0) is 37.7 Å². The van der Waals surface area contributed by atoms with Gasteiger partial charge in [-0.25, -0.2) is 0 Å². The molecule has 0 atom stereocenters. The average Bonchev–Trinajstić information content (AvgIpc) is 2.62. The van der Waals surface area contributed by atoms with Crippen LogP contribution in [0.5, 0.6) is 0 Å². The van der Waals surface area contributed by atoms with Gasteiger partial charge in [0.05, 0.1) is 16.6 Å². The summed E-state index contributed by atoms with van der Waals surface area (Å²) in [4.78, 5) is 14.1. The fourth-order valence-corrected chi connectivity index (χ4v) is 2.34. The average molecular weight is 339 g/mol. The zero-order chi connectivity index (χ0) is 13.7. The van der Waals surface area contributed by atoms with Crippen molar-refractivity contribution in [3.05, 3.63) is 28.2 Å². The summed E-state index contributed by atoms with van der Waals surface area (Å²) in [6.07, 6.45) is 1.07. The van der Waals surface area contributed by atoms with Gasteiger partial charge in [0.25, 0.3) is 0 Å². The van der Waals surface area contributed by atoms with Crippen molar-refractivity contribution in [2.45, 2.75) is 6.42 Å². The first-order valence-electron chi connectivity index (χ1n) is 6.33. The van der Waals surface area contributed by atoms with E-state index in [-0.39, 0.29) is 18.3 Å². The van der Waals surface area contributed by atoms with Gasteiger partial charge in [-0.1, -0.05) is 23.2 Å². The Kier molecular flexibility index (Phi) is 7.62. The lowest BCUT2D eigenvalue weighted by Crippen LogP contribution is -2.35. The fourth-order valence-electron chi connectivity index (χ4n) is 2.04. The molecule has 1 heterocycles. The molecule has 2 N–H and O–H groups in total. The monoisotopic (exact) mass is 337 g/mol. The van der Waals surface area contributed by atoms with Crippen LogP contribution in [0.25, 0.3) is 0 Å². The molecule has 0 spiro atoms. The van der Waals surface area contributed by atoms with E-state index in [0.29, 0.717) is 22.3 Å². The summed E-state index contributed by atoms with van der Waals surface area (Å²) in [5, 5.41) is 7.07. The van der Waals surface area contributed by atoms with Crippen molar-refractivity contribution in [1.29, 1.82) is 0 Å². The van der Waals surface area contributed by atoms with Crippen LogP contribution in [-0.4, -0.2) is 43.5 Å². The zero-order valence-corrected chi connectivity index (χ0v) is 13.3. The predicted octanol–water partition coefficient (Wildman–Crippen LogP) is 2.65. The van der Waals surface area contributed by atoms with Crippen LogP contribution in [0.1, 0.15) is 6.42 Å². The molecule has 7 heteroatoms. The summed E-state index contributed by atoms with van der Waals surface area (Å²) in [5.74, 6) is -0.0275. The molecule has 1 aromatic rings. The zero-order valence-electron chi connectivity index (χ0n) is 11.0. The van der Waals surface area contributed by atoms with Gasteiger partial charge in [0, 0.05) is 18.8 Å². The number of carbonyl (C=O) groups excluding carboxylic acids is 1. The minimum Gasteiger partial charge on any atom is -0.325 e. The third-order valence-electron chi connectivity index (χ3n) is 3.00. The van der Waals surface area contributed by atoms with Gasteiger partial charge in [0.1, 0.15) is 0 Å². The highest BCUT2D eigenvalue weighted by Gasteiger charge is 2.13. The maximum Gasteiger partial charge on any atom is 0.238 e. The summed E-state index contributed by atoms with van der Waals surface area (Å²) in [7, 11) is 0. The first-order valence-corrected chi connectivity index (χ1v) is 7.09. The van der Waals surface area contributed by atoms with Crippen LogP contribution in [0.2, 0.25) is 10.0 Å². The van der Waals surface area contributed by atoms with Crippen LogP contribution in [0, 0.1) is 0 Å². The summed E-state index contributed by atoms with van der Waals surface area (Å²) < 4.78 is 0. The molecule has 2 rings (SSSR count). The second-order valence-electron chi connectivity index (χ2n) is 4.56. The summed E-state index contributed by atoms with van der Waals surface area (Å²) in [6, 6.07) is 5.08. The lowest BCUT2D eigenvalue weighted by molar-refractivity contribution is -0.117. The second-order valence-corrected chi connectivity index (χ2v) is 5.37. The van der Waals surface area contributed by atoms with Crippen LogP contribution in [0.3, 0.4) is 0 Å². The van der Waals surface area contributed by atoms with Crippen LogP contribution < -0.4 is 10.6 Å². The second kappa shape index (κ2) is 8.70. The minimum atomic E-state index is -0.0275. The van der Waals surface area contributed by atoms with Gasteiger partial charge in [-0.2, -0.15) is 0 Å². The Morgan fingerprint density at radius 2 is 2.05 bits per heavy atom. The van der Waals surface area contributed by atoms with Crippen LogP contribution in [0.4, 0.5) is 5.69 Å². The van der Waals surface area contributed by atoms with Gasteiger partial charge >= 0.3 is 0 Å². The number of halogens is 3. The Morgan fingerprint density at radius 3 is 2.80 bits per heavy atom. The predicted molar refractivity (Wildman–Crippen MR) is 86.3 cm³/mol. The Bertz CT molecular complexity index is 448. The van der Waals surface area contributed by atoms with E-state index in [0.717, 1.165) is 32.6 Å². The van der Waals surface area contributed by atoms with Gasteiger partial charge < -0.3 is 10.6 Å². The largest absolute Gasteiger partial charge is 0.325 e. The molecule has 0 unspecified atom stereocenters. The Hall–Kier alpha value is -0.520. The summed E-state index contributed by atoms with van der Waals surface area (Å²) in [5.41, 5.74) is 0.673. The third-order valence-corrected chi connectivity index (χ3v) is 3.74. The number of amides is 1. The highest BCUT2D eigenvalue weighted by molar-refractivity contribution is 6.42. The highest BCUT2D eigenvalue weighted by Crippen LogP contribution is 2.24. The van der Waals surface area contributed by atoms with E-state index in [1.807, 2.05) is 0 Å². The fraction of sp³-hybridized carbons (Fsp3) is 0.462. The van der Waals surface area contributed by atoms with E-state index in [4.69, 9.17) is 23.2 Å². The van der Waals surface area contributed by atoms with Gasteiger partial charge in [-0.3, -0.25) is 9.69 Å². The molecule has 0 bridgehead atoms. The molecule has 1 aliphatic heterocycles. The quantitative estimate of drug-likeness (QED) is 0.890. The molecule has 0 radical (unpaired) electrons. The van der Waals surface area contributed by atoms with E-state index >= 15 is 0 Å². The lowest BCUT2D eigenvalue weighted by Gasteiger charge is -2.18. The van der Waals surface area contributed by atoms with E-state index < -0.39 is 0 Å². The van der Waals surface area contributed by atoms with Crippen molar-refractivity contribution < 1.29 is 4.79 Å². The van der Waals surface area contributed by atoms with Crippen molar-refractivity contribution >= 4 is 47.2 Å². The number of hydrogen-bond donors (Lipinski definition) is 2. The normalized spacial score (nSPS) is 16.1. The third kappa shape index (κ3) is 5.46. The summed E-state index contributed by atoms with van der Waals surface area (Å²) in [6.45, 7) is 4.20. The minimum absolute atomic E-state index is 0. The standard InChI is InChI=1S/C13H17Cl2N3O.ClH/c14-11-3-2-10(8-12(11)15)17-13(19)9-18-6-1-4-16-5-7-18;/h2-3,8,16H,1,4-7,9H2,(H,17,19);1H. The SMILES string of the molecule is Cl.O=C(CN1CCCNCC1)Nc1ccc(Cl)c(Cl)c1. The maximum absolute atomic E-state index is 11.9. The molecule has 4 nitrogen and oxygen atoms in total. The Morgan fingerprint density at radius 1 is 1.25 bits per heavy atom. The number of hydrogen-bond acceptors (Lipinski definition) is 3. The molecular formula is C13H18Cl3N3O. The first-order chi connectivity index (χ1) is 9.15.